The highest BCUT2D eigenvalue weighted by atomic mass is 32.1. The normalized spacial score (nSPS) is 14.2. The predicted octanol–water partition coefficient (Wildman–Crippen LogP) is 4.46. The van der Waals surface area contributed by atoms with Crippen LogP contribution in [0.15, 0.2) is 35.7 Å². The fourth-order valence-corrected chi connectivity index (χ4v) is 4.02. The average Bonchev–Trinajstić information content (AvgIpc) is 3.19. The summed E-state index contributed by atoms with van der Waals surface area (Å²) >= 11 is 1.73. The topological polar surface area (TPSA) is 34.0 Å². The average molecular weight is 338 g/mol. The van der Waals surface area contributed by atoms with E-state index in [2.05, 4.69) is 71.2 Å². The Morgan fingerprint density at radius 2 is 1.92 bits per heavy atom. The molecule has 3 heterocycles. The van der Waals surface area contributed by atoms with Crippen LogP contribution in [0.3, 0.4) is 0 Å². The highest BCUT2D eigenvalue weighted by Crippen LogP contribution is 2.30. The first-order chi connectivity index (χ1) is 11.6. The van der Waals surface area contributed by atoms with Crippen LogP contribution in [0.25, 0.3) is 11.3 Å². The van der Waals surface area contributed by atoms with Gasteiger partial charge in [-0.1, -0.05) is 38.1 Å². The van der Waals surface area contributed by atoms with Crippen molar-refractivity contribution in [2.75, 3.05) is 11.4 Å². The maximum absolute atomic E-state index is 4.87. The van der Waals surface area contributed by atoms with Crippen molar-refractivity contribution < 1.29 is 0 Å². The van der Waals surface area contributed by atoms with Crippen LogP contribution in [0.4, 0.5) is 5.13 Å². The number of benzene rings is 1. The molecule has 2 aromatic heterocycles. The summed E-state index contributed by atoms with van der Waals surface area (Å²) in [5.41, 5.74) is 6.00. The molecular weight excluding hydrogens is 316 g/mol. The van der Waals surface area contributed by atoms with Gasteiger partial charge in [-0.15, -0.1) is 11.3 Å². The minimum atomic E-state index is 0.562. The van der Waals surface area contributed by atoms with Crippen molar-refractivity contribution in [1.29, 1.82) is 0 Å². The van der Waals surface area contributed by atoms with Crippen molar-refractivity contribution in [1.82, 2.24) is 14.8 Å². The highest BCUT2D eigenvalue weighted by molar-refractivity contribution is 7.14. The van der Waals surface area contributed by atoms with Crippen LogP contribution in [0, 0.1) is 6.92 Å². The molecule has 1 aromatic carbocycles. The molecule has 0 aliphatic carbocycles. The molecule has 0 saturated carbocycles. The quantitative estimate of drug-likeness (QED) is 0.707. The number of aromatic nitrogens is 3. The molecule has 0 bridgehead atoms. The highest BCUT2D eigenvalue weighted by Gasteiger charge is 2.20. The summed E-state index contributed by atoms with van der Waals surface area (Å²) in [5.74, 6) is 0.562. The van der Waals surface area contributed by atoms with Gasteiger partial charge in [0.05, 0.1) is 30.2 Å². The Hall–Kier alpha value is -2.14. The number of rotatable bonds is 3. The maximum Gasteiger partial charge on any atom is 0.186 e. The molecule has 0 saturated heterocycles. The first kappa shape index (κ1) is 15.4. The summed E-state index contributed by atoms with van der Waals surface area (Å²) in [6.07, 6.45) is 0. The Morgan fingerprint density at radius 3 is 2.67 bits per heavy atom. The van der Waals surface area contributed by atoms with Crippen molar-refractivity contribution in [3.8, 4) is 11.3 Å². The molecule has 4 rings (SSSR count). The minimum absolute atomic E-state index is 0.562. The lowest BCUT2D eigenvalue weighted by Gasteiger charge is -2.27. The third-order valence-corrected chi connectivity index (χ3v) is 5.46. The second-order valence-electron chi connectivity index (χ2n) is 6.71. The lowest BCUT2D eigenvalue weighted by molar-refractivity contribution is 0.517. The van der Waals surface area contributed by atoms with Gasteiger partial charge in [-0.25, -0.2) is 4.98 Å². The number of thiazole rings is 1. The molecule has 0 amide bonds. The van der Waals surface area contributed by atoms with Crippen molar-refractivity contribution in [2.24, 2.45) is 0 Å². The zero-order chi connectivity index (χ0) is 16.7. The molecule has 0 radical (unpaired) electrons. The van der Waals surface area contributed by atoms with E-state index >= 15 is 0 Å². The molecule has 0 atom stereocenters. The molecule has 0 fully saturated rings. The Labute approximate surface area is 146 Å². The third kappa shape index (κ3) is 2.84. The van der Waals surface area contributed by atoms with Crippen LogP contribution in [0.1, 0.15) is 36.7 Å². The SMILES string of the molecule is Cc1cc2n(n1)CCN(c1nc(-c3ccc(C(C)C)cc3)cs1)C2. The van der Waals surface area contributed by atoms with E-state index in [4.69, 9.17) is 4.98 Å². The molecular formula is C19H22N4S. The van der Waals surface area contributed by atoms with Gasteiger partial charge in [-0.2, -0.15) is 5.10 Å². The summed E-state index contributed by atoms with van der Waals surface area (Å²) in [5, 5.41) is 7.79. The van der Waals surface area contributed by atoms with Gasteiger partial charge in [0.2, 0.25) is 0 Å². The second-order valence-corrected chi connectivity index (χ2v) is 7.55. The fraction of sp³-hybridized carbons (Fsp3) is 0.368. The molecule has 0 spiro atoms. The van der Waals surface area contributed by atoms with Gasteiger partial charge in [-0.3, -0.25) is 4.68 Å². The molecule has 24 heavy (non-hydrogen) atoms. The molecule has 0 unspecified atom stereocenters. The zero-order valence-electron chi connectivity index (χ0n) is 14.4. The summed E-state index contributed by atoms with van der Waals surface area (Å²) in [6.45, 7) is 9.28. The summed E-state index contributed by atoms with van der Waals surface area (Å²) in [6, 6.07) is 11.0. The molecule has 1 aliphatic heterocycles. The Morgan fingerprint density at radius 1 is 1.12 bits per heavy atom. The number of fused-ring (bicyclic) bond motifs is 1. The van der Waals surface area contributed by atoms with E-state index in [1.54, 1.807) is 11.3 Å². The predicted molar refractivity (Wildman–Crippen MR) is 99.7 cm³/mol. The first-order valence-electron chi connectivity index (χ1n) is 8.44. The Bertz CT molecular complexity index is 845. The number of hydrogen-bond acceptors (Lipinski definition) is 4. The van der Waals surface area contributed by atoms with Crippen molar-refractivity contribution >= 4 is 16.5 Å². The van der Waals surface area contributed by atoms with E-state index in [1.165, 1.54) is 16.8 Å². The Kier molecular flexibility index (Phi) is 3.88. The molecule has 5 heteroatoms. The minimum Gasteiger partial charge on any atom is -0.340 e. The van der Waals surface area contributed by atoms with E-state index in [9.17, 15) is 0 Å². The van der Waals surface area contributed by atoms with Gasteiger partial charge in [0.15, 0.2) is 5.13 Å². The van der Waals surface area contributed by atoms with Crippen LogP contribution in [-0.2, 0) is 13.1 Å². The van der Waals surface area contributed by atoms with Gasteiger partial charge in [0.1, 0.15) is 0 Å². The second kappa shape index (κ2) is 6.06. The number of nitrogens with zero attached hydrogens (tertiary/aromatic N) is 4. The smallest absolute Gasteiger partial charge is 0.186 e. The van der Waals surface area contributed by atoms with Crippen molar-refractivity contribution in [2.45, 2.75) is 39.8 Å². The number of aryl methyl sites for hydroxylation is 1. The van der Waals surface area contributed by atoms with Gasteiger partial charge < -0.3 is 4.90 Å². The van der Waals surface area contributed by atoms with Gasteiger partial charge in [0.25, 0.3) is 0 Å². The monoisotopic (exact) mass is 338 g/mol. The van der Waals surface area contributed by atoms with E-state index in [0.717, 1.165) is 36.2 Å². The van der Waals surface area contributed by atoms with Crippen LogP contribution in [0.5, 0.6) is 0 Å². The van der Waals surface area contributed by atoms with E-state index in [-0.39, 0.29) is 0 Å². The molecule has 1 aliphatic rings. The molecule has 124 valence electrons. The van der Waals surface area contributed by atoms with E-state index in [0.29, 0.717) is 5.92 Å². The zero-order valence-corrected chi connectivity index (χ0v) is 15.2. The summed E-state index contributed by atoms with van der Waals surface area (Å²) in [4.78, 5) is 7.23. The van der Waals surface area contributed by atoms with Crippen molar-refractivity contribution in [3.63, 3.8) is 0 Å². The maximum atomic E-state index is 4.87. The molecule has 0 N–H and O–H groups in total. The van der Waals surface area contributed by atoms with Crippen LogP contribution in [-0.4, -0.2) is 21.3 Å². The number of hydrogen-bond donors (Lipinski definition) is 0. The Balaban J connectivity index is 1.55. The summed E-state index contributed by atoms with van der Waals surface area (Å²) in [7, 11) is 0. The van der Waals surface area contributed by atoms with Crippen LogP contribution < -0.4 is 4.90 Å². The first-order valence-corrected chi connectivity index (χ1v) is 9.32. The number of anilines is 1. The van der Waals surface area contributed by atoms with Crippen LogP contribution in [0.2, 0.25) is 0 Å². The lowest BCUT2D eigenvalue weighted by Crippen LogP contribution is -2.33. The van der Waals surface area contributed by atoms with Gasteiger partial charge in [-0.05, 0) is 24.5 Å². The largest absolute Gasteiger partial charge is 0.340 e. The summed E-state index contributed by atoms with van der Waals surface area (Å²) < 4.78 is 2.12. The molecule has 3 aromatic rings. The fourth-order valence-electron chi connectivity index (χ4n) is 3.15. The lowest BCUT2D eigenvalue weighted by atomic mass is 10.0. The van der Waals surface area contributed by atoms with Gasteiger partial charge in [0, 0.05) is 17.5 Å². The van der Waals surface area contributed by atoms with E-state index in [1.807, 2.05) is 0 Å². The van der Waals surface area contributed by atoms with E-state index < -0.39 is 0 Å². The third-order valence-electron chi connectivity index (χ3n) is 4.56. The van der Waals surface area contributed by atoms with Gasteiger partial charge >= 0.3 is 0 Å². The van der Waals surface area contributed by atoms with Crippen LogP contribution >= 0.6 is 11.3 Å². The van der Waals surface area contributed by atoms with Crippen molar-refractivity contribution in [3.05, 3.63) is 52.7 Å². The molecule has 4 nitrogen and oxygen atoms in total. The standard InChI is InChI=1S/C19H22N4S/c1-13(2)15-4-6-16(7-5-15)18-12-24-19(20-18)22-8-9-23-17(11-22)10-14(3)21-23/h4-7,10,12-13H,8-9,11H2,1-3H3.